The lowest BCUT2D eigenvalue weighted by molar-refractivity contribution is -0.253. The number of carboxylic acid groups (broad SMARTS) is 1. The van der Waals surface area contributed by atoms with E-state index in [-0.39, 0.29) is 43.5 Å². The molecule has 6 rings (SSSR count). The van der Waals surface area contributed by atoms with Gasteiger partial charge in [0.2, 0.25) is 11.8 Å². The number of hydrogen-bond donors (Lipinski definition) is 4. The second-order valence-corrected chi connectivity index (χ2v) is 12.2. The highest BCUT2D eigenvalue weighted by Gasteiger charge is 2.50. The van der Waals surface area contributed by atoms with Gasteiger partial charge in [0.25, 0.3) is 0 Å². The summed E-state index contributed by atoms with van der Waals surface area (Å²) >= 11 is 0. The summed E-state index contributed by atoms with van der Waals surface area (Å²) in [4.78, 5) is 40.9. The Morgan fingerprint density at radius 1 is 0.935 bits per heavy atom. The first kappa shape index (κ1) is 31.7. The number of likely N-dealkylation sites (tertiary alicyclic amines) is 1. The second-order valence-electron chi connectivity index (χ2n) is 12.2. The maximum atomic E-state index is 13.2. The van der Waals surface area contributed by atoms with Crippen LogP contribution in [0.4, 0.5) is 11.4 Å². The predicted molar refractivity (Wildman–Crippen MR) is 171 cm³/mol. The van der Waals surface area contributed by atoms with Gasteiger partial charge in [0, 0.05) is 49.4 Å². The summed E-state index contributed by atoms with van der Waals surface area (Å²) in [6, 6.07) is 25.0. The molecule has 0 unspecified atom stereocenters. The molecule has 242 valence electrons. The molecule has 0 saturated carbocycles. The number of piperidine rings is 1. The van der Waals surface area contributed by atoms with Crippen LogP contribution in [0.3, 0.4) is 0 Å². The Bertz CT molecular complexity index is 1530. The Kier molecular flexibility index (Phi) is 9.64. The number of rotatable bonds is 10. The Labute approximate surface area is 268 Å². The minimum absolute atomic E-state index is 0.0404. The van der Waals surface area contributed by atoms with Gasteiger partial charge >= 0.3 is 5.97 Å². The zero-order valence-corrected chi connectivity index (χ0v) is 25.6. The molecule has 3 saturated heterocycles. The number of anilines is 2. The summed E-state index contributed by atoms with van der Waals surface area (Å²) in [5, 5.41) is 24.3. The number of aliphatic carboxylic acids is 1. The van der Waals surface area contributed by atoms with Crippen molar-refractivity contribution in [1.82, 2.24) is 10.2 Å². The topological polar surface area (TPSA) is 141 Å². The minimum Gasteiger partial charge on any atom is -0.481 e. The molecule has 11 heteroatoms. The fourth-order valence-corrected chi connectivity index (χ4v) is 6.67. The van der Waals surface area contributed by atoms with Gasteiger partial charge in [-0.15, -0.1) is 0 Å². The molecule has 3 fully saturated rings. The summed E-state index contributed by atoms with van der Waals surface area (Å²) in [5.41, 5.74) is 3.54. The molecule has 46 heavy (non-hydrogen) atoms. The lowest BCUT2D eigenvalue weighted by atomic mass is 9.85. The first-order valence-corrected chi connectivity index (χ1v) is 15.8. The van der Waals surface area contributed by atoms with E-state index in [1.807, 2.05) is 60.7 Å². The van der Waals surface area contributed by atoms with Crippen molar-refractivity contribution >= 4 is 29.2 Å². The van der Waals surface area contributed by atoms with E-state index in [1.165, 1.54) is 0 Å². The third kappa shape index (κ3) is 7.07. The third-order valence-electron chi connectivity index (χ3n) is 9.17. The van der Waals surface area contributed by atoms with Gasteiger partial charge in [-0.05, 0) is 48.2 Å². The smallest absolute Gasteiger partial charge is 0.303 e. The van der Waals surface area contributed by atoms with E-state index in [1.54, 1.807) is 18.2 Å². The number of carboxylic acids is 1. The van der Waals surface area contributed by atoms with Gasteiger partial charge in [-0.2, -0.15) is 0 Å². The zero-order chi connectivity index (χ0) is 32.1. The van der Waals surface area contributed by atoms with Crippen molar-refractivity contribution < 1.29 is 34.1 Å². The van der Waals surface area contributed by atoms with E-state index in [2.05, 4.69) is 20.4 Å². The molecule has 3 aliphatic rings. The van der Waals surface area contributed by atoms with Gasteiger partial charge in [0.1, 0.15) is 5.54 Å². The van der Waals surface area contributed by atoms with E-state index in [9.17, 15) is 19.5 Å². The summed E-state index contributed by atoms with van der Waals surface area (Å²) < 4.78 is 13.0. The summed E-state index contributed by atoms with van der Waals surface area (Å²) in [6.45, 7) is 2.62. The van der Waals surface area contributed by atoms with Crippen LogP contribution in [0.2, 0.25) is 0 Å². The van der Waals surface area contributed by atoms with Crippen molar-refractivity contribution in [2.45, 2.75) is 62.7 Å². The zero-order valence-electron chi connectivity index (χ0n) is 25.6. The summed E-state index contributed by atoms with van der Waals surface area (Å²) in [7, 11) is 0. The molecule has 3 aromatic carbocycles. The van der Waals surface area contributed by atoms with Crippen LogP contribution in [0.1, 0.15) is 61.2 Å². The highest BCUT2D eigenvalue weighted by atomic mass is 16.7. The molecular formula is C35H40N4O7. The van der Waals surface area contributed by atoms with Gasteiger partial charge in [-0.1, -0.05) is 54.6 Å². The van der Waals surface area contributed by atoms with Crippen LogP contribution < -0.4 is 15.5 Å². The molecule has 0 radical (unpaired) electrons. The quantitative estimate of drug-likeness (QED) is 0.263. The fraction of sp³-hybridized carbons (Fsp3) is 0.400. The molecule has 3 atom stereocenters. The normalized spacial score (nSPS) is 22.8. The number of aliphatic hydroxyl groups excluding tert-OH is 1. The Morgan fingerprint density at radius 2 is 1.70 bits per heavy atom. The number of para-hydroxylation sites is 1. The molecule has 3 aliphatic heterocycles. The first-order valence-electron chi connectivity index (χ1n) is 15.8. The average Bonchev–Trinajstić information content (AvgIpc) is 3.39. The Morgan fingerprint density at radius 3 is 2.41 bits per heavy atom. The number of nitrogens with zero attached hydrogens (tertiary/aromatic N) is 2. The Hall–Kier alpha value is -4.29. The number of benzene rings is 3. The molecule has 11 nitrogen and oxygen atoms in total. The van der Waals surface area contributed by atoms with Gasteiger partial charge in [-0.3, -0.25) is 14.4 Å². The maximum absolute atomic E-state index is 13.2. The molecular weight excluding hydrogens is 588 g/mol. The van der Waals surface area contributed by atoms with Gasteiger partial charge in [0.15, 0.2) is 6.29 Å². The highest BCUT2D eigenvalue weighted by molar-refractivity contribution is 5.93. The van der Waals surface area contributed by atoms with E-state index in [0.717, 1.165) is 35.5 Å². The van der Waals surface area contributed by atoms with E-state index in [4.69, 9.17) is 14.6 Å². The van der Waals surface area contributed by atoms with E-state index in [0.29, 0.717) is 38.2 Å². The minimum atomic E-state index is -1.03. The van der Waals surface area contributed by atoms with Crippen LogP contribution in [0.25, 0.3) is 0 Å². The van der Waals surface area contributed by atoms with Crippen molar-refractivity contribution in [2.75, 3.05) is 36.5 Å². The van der Waals surface area contributed by atoms with Crippen LogP contribution in [-0.2, 0) is 30.5 Å². The van der Waals surface area contributed by atoms with Crippen LogP contribution >= 0.6 is 0 Å². The summed E-state index contributed by atoms with van der Waals surface area (Å²) in [6.07, 6.45) is 0.521. The molecule has 0 bridgehead atoms. The number of carbonyl (C=O) groups is 3. The molecule has 3 heterocycles. The monoisotopic (exact) mass is 628 g/mol. The fourth-order valence-electron chi connectivity index (χ4n) is 6.67. The maximum Gasteiger partial charge on any atom is 0.303 e. The van der Waals surface area contributed by atoms with Gasteiger partial charge < -0.3 is 40.1 Å². The van der Waals surface area contributed by atoms with Crippen molar-refractivity contribution in [3.05, 3.63) is 95.6 Å². The molecule has 0 aliphatic carbocycles. The van der Waals surface area contributed by atoms with Crippen LogP contribution in [0.15, 0.2) is 78.9 Å². The number of amides is 2. The SMILES string of the molecule is O=C(O)CCC(=O)Nc1cccc([C@H]2O[C@@H](CN3CCC4(CC3)C(=O)NCN4c3ccccc3)C[C@@H](c3ccc(CO)cc3)O2)c1. The van der Waals surface area contributed by atoms with Crippen LogP contribution in [0.5, 0.6) is 0 Å². The average molecular weight is 629 g/mol. The largest absolute Gasteiger partial charge is 0.481 e. The number of carbonyl (C=O) groups excluding carboxylic acids is 2. The summed E-state index contributed by atoms with van der Waals surface area (Å²) in [5.74, 6) is -1.32. The first-order chi connectivity index (χ1) is 22.3. The third-order valence-corrected chi connectivity index (χ3v) is 9.17. The lowest BCUT2D eigenvalue weighted by Gasteiger charge is -2.45. The number of nitrogens with one attached hydrogen (secondary N) is 2. The molecule has 3 aromatic rings. The van der Waals surface area contributed by atoms with Gasteiger partial charge in [0.05, 0.1) is 31.9 Å². The standard InChI is InChI=1S/C35H40N4O7/c40-22-24-9-11-25(12-10-24)30-20-29(45-33(46-30)26-5-4-6-27(19-26)37-31(41)13-14-32(42)43)21-38-17-15-35(16-18-38)34(44)36-23-39(35)28-7-2-1-3-8-28/h1-12,19,29-30,33,40H,13-18,20-23H2,(H,36,44)(H,37,41)(H,42,43)/t29-,30+,33+/m1/s1. The Balaban J connectivity index is 1.16. The number of ether oxygens (including phenoxy) is 2. The molecule has 2 amide bonds. The van der Waals surface area contributed by atoms with Crippen molar-refractivity contribution in [2.24, 2.45) is 0 Å². The van der Waals surface area contributed by atoms with Crippen LogP contribution in [-0.4, -0.2) is 70.8 Å². The van der Waals surface area contributed by atoms with Crippen molar-refractivity contribution in [3.63, 3.8) is 0 Å². The van der Waals surface area contributed by atoms with Crippen LogP contribution in [0, 0.1) is 0 Å². The molecule has 1 spiro atoms. The lowest BCUT2D eigenvalue weighted by Crippen LogP contribution is -2.57. The van der Waals surface area contributed by atoms with Crippen molar-refractivity contribution in [3.8, 4) is 0 Å². The molecule has 0 aromatic heterocycles. The highest BCUT2D eigenvalue weighted by Crippen LogP contribution is 2.40. The van der Waals surface area contributed by atoms with Gasteiger partial charge in [-0.25, -0.2) is 0 Å². The van der Waals surface area contributed by atoms with Crippen molar-refractivity contribution in [1.29, 1.82) is 0 Å². The second kappa shape index (κ2) is 14.0. The van der Waals surface area contributed by atoms with E-state index < -0.39 is 17.8 Å². The van der Waals surface area contributed by atoms with E-state index >= 15 is 0 Å². The predicted octanol–water partition coefficient (Wildman–Crippen LogP) is 3.96. The number of aliphatic hydroxyl groups is 1. The number of hydrogen-bond acceptors (Lipinski definition) is 8. The molecule has 4 N–H and O–H groups in total.